The van der Waals surface area contributed by atoms with Crippen LogP contribution in [0.5, 0.6) is 0 Å². The van der Waals surface area contributed by atoms with Crippen molar-refractivity contribution in [2.75, 3.05) is 26.2 Å². The van der Waals surface area contributed by atoms with Crippen molar-refractivity contribution >= 4 is 0 Å². The molecule has 0 N–H and O–H groups in total. The highest BCUT2D eigenvalue weighted by Gasteiger charge is 2.26. The molecule has 0 atom stereocenters. The lowest BCUT2D eigenvalue weighted by Gasteiger charge is -2.41. The molecule has 1 rings (SSSR count). The Hall–Kier alpha value is -0.550. The predicted molar refractivity (Wildman–Crippen MR) is 96.1 cm³/mol. The van der Waals surface area contributed by atoms with E-state index < -0.39 is 0 Å². The number of piperidine rings is 1. The van der Waals surface area contributed by atoms with Crippen molar-refractivity contribution in [3.05, 3.63) is 6.57 Å². The zero-order valence-electron chi connectivity index (χ0n) is 15.4. The van der Waals surface area contributed by atoms with E-state index in [4.69, 9.17) is 11.8 Å². The van der Waals surface area contributed by atoms with Gasteiger partial charge in [0.2, 0.25) is 0 Å². The summed E-state index contributed by atoms with van der Waals surface area (Å²) in [5, 5.41) is 6.25. The molecule has 2 heteroatoms. The molecule has 0 aromatic rings. The Labute approximate surface area is 140 Å². The van der Waals surface area contributed by atoms with Crippen LogP contribution in [0, 0.1) is 11.8 Å². The quantitative estimate of drug-likeness (QED) is 0.245. The largest absolute Gasteiger partial charge is 0.512 e. The lowest BCUT2D eigenvalue weighted by atomic mass is 10.0. The number of hydrogen-bond donors (Lipinski definition) is 0. The van der Waals surface area contributed by atoms with Crippen LogP contribution in [0.15, 0.2) is 0 Å². The van der Waals surface area contributed by atoms with Crippen LogP contribution in [0.3, 0.4) is 0 Å². The topological polar surface area (TPSA) is 23.8 Å². The van der Waals surface area contributed by atoms with E-state index in [1.54, 1.807) is 0 Å². The highest BCUT2D eigenvalue weighted by Crippen LogP contribution is 2.20. The fourth-order valence-corrected chi connectivity index (χ4v) is 3.82. The van der Waals surface area contributed by atoms with Gasteiger partial charge in [-0.15, -0.1) is 0 Å². The van der Waals surface area contributed by atoms with Crippen molar-refractivity contribution in [1.29, 1.82) is 5.26 Å². The summed E-state index contributed by atoms with van der Waals surface area (Å²) < 4.78 is 1.44. The maximum absolute atomic E-state index is 6.25. The first-order chi connectivity index (χ1) is 10.8. The summed E-state index contributed by atoms with van der Waals surface area (Å²) in [6.07, 6.45) is 19.1. The lowest BCUT2D eigenvalue weighted by Crippen LogP contribution is -2.51. The Balaban J connectivity index is 0.00000211. The monoisotopic (exact) mass is 308 g/mol. The second kappa shape index (κ2) is 15.3. The molecular weight excluding hydrogens is 268 g/mol. The number of nitrogens with zero attached hydrogens (tertiary/aromatic N) is 2. The van der Waals surface area contributed by atoms with Gasteiger partial charge in [-0.3, -0.25) is 0 Å². The normalized spacial score (nSPS) is 16.7. The molecule has 0 saturated carbocycles. The molecule has 0 aromatic heterocycles. The Kier molecular flexibility index (Phi) is 15.0. The van der Waals surface area contributed by atoms with Crippen molar-refractivity contribution in [1.82, 2.24) is 0 Å². The second-order valence-electron chi connectivity index (χ2n) is 7.07. The molecule has 1 saturated heterocycles. The summed E-state index contributed by atoms with van der Waals surface area (Å²) in [4.78, 5) is 0. The van der Waals surface area contributed by atoms with Crippen LogP contribution in [0.4, 0.5) is 0 Å². The third-order valence-corrected chi connectivity index (χ3v) is 5.42. The van der Waals surface area contributed by atoms with Gasteiger partial charge in [0, 0.05) is 0 Å². The molecule has 130 valence electrons. The Morgan fingerprint density at radius 3 is 1.59 bits per heavy atom. The first-order valence-corrected chi connectivity index (χ1v) is 9.90. The molecule has 1 aliphatic heterocycles. The van der Waals surface area contributed by atoms with Crippen molar-refractivity contribution in [3.63, 3.8) is 0 Å². The molecule has 1 aliphatic rings. The SMILES string of the molecule is CCCCCCCCCCCC[N+]1(CC)CCCCC1.[C-]#N. The van der Waals surface area contributed by atoms with Gasteiger partial charge in [-0.2, -0.15) is 0 Å². The maximum Gasteiger partial charge on any atom is 0.0786 e. The number of hydrogen-bond acceptors (Lipinski definition) is 1. The minimum Gasteiger partial charge on any atom is -0.512 e. The summed E-state index contributed by atoms with van der Waals surface area (Å²) in [7, 11) is 0. The van der Waals surface area contributed by atoms with Crippen LogP contribution in [-0.2, 0) is 0 Å². The van der Waals surface area contributed by atoms with E-state index >= 15 is 0 Å². The Morgan fingerprint density at radius 2 is 1.14 bits per heavy atom. The molecule has 1 fully saturated rings. The average Bonchev–Trinajstić information content (AvgIpc) is 2.59. The molecule has 2 nitrogen and oxygen atoms in total. The van der Waals surface area contributed by atoms with Crippen molar-refractivity contribution in [2.24, 2.45) is 0 Å². The fraction of sp³-hybridized carbons (Fsp3) is 0.950. The van der Waals surface area contributed by atoms with Crippen LogP contribution in [0.25, 0.3) is 0 Å². The van der Waals surface area contributed by atoms with Crippen LogP contribution in [0.1, 0.15) is 97.3 Å². The van der Waals surface area contributed by atoms with E-state index in [1.807, 2.05) is 0 Å². The summed E-state index contributed by atoms with van der Waals surface area (Å²) in [6, 6.07) is 0. The minimum atomic E-state index is 1.37. The van der Waals surface area contributed by atoms with Gasteiger partial charge in [-0.25, -0.2) is 0 Å². The van der Waals surface area contributed by atoms with Gasteiger partial charge >= 0.3 is 0 Å². The van der Waals surface area contributed by atoms with Crippen molar-refractivity contribution in [3.8, 4) is 0 Å². The molecule has 1 heterocycles. The van der Waals surface area contributed by atoms with Gasteiger partial charge in [0.05, 0.1) is 26.2 Å². The first-order valence-electron chi connectivity index (χ1n) is 9.90. The van der Waals surface area contributed by atoms with Gasteiger partial charge in [-0.05, 0) is 39.0 Å². The number of quaternary nitrogens is 1. The minimum absolute atomic E-state index is 1.37. The summed E-state index contributed by atoms with van der Waals surface area (Å²) in [5.41, 5.74) is 0. The predicted octanol–water partition coefficient (Wildman–Crippen LogP) is 6.02. The first kappa shape index (κ1) is 21.4. The fourth-order valence-electron chi connectivity index (χ4n) is 3.82. The smallest absolute Gasteiger partial charge is 0.0786 e. The molecule has 22 heavy (non-hydrogen) atoms. The van der Waals surface area contributed by atoms with Gasteiger partial charge in [0.1, 0.15) is 0 Å². The van der Waals surface area contributed by atoms with Crippen LogP contribution >= 0.6 is 0 Å². The zero-order valence-corrected chi connectivity index (χ0v) is 15.4. The van der Waals surface area contributed by atoms with Gasteiger partial charge in [0.15, 0.2) is 0 Å². The van der Waals surface area contributed by atoms with Gasteiger partial charge in [-0.1, -0.05) is 58.3 Å². The molecule has 0 bridgehead atoms. The van der Waals surface area contributed by atoms with Crippen molar-refractivity contribution in [2.45, 2.75) is 97.3 Å². The second-order valence-corrected chi connectivity index (χ2v) is 7.07. The third kappa shape index (κ3) is 10.2. The average molecular weight is 309 g/mol. The van der Waals surface area contributed by atoms with Crippen LogP contribution < -0.4 is 0 Å². The highest BCUT2D eigenvalue weighted by molar-refractivity contribution is 4.54. The molecule has 0 radical (unpaired) electrons. The maximum atomic E-state index is 6.25. The van der Waals surface area contributed by atoms with E-state index in [9.17, 15) is 0 Å². The Morgan fingerprint density at radius 1 is 0.682 bits per heavy atom. The summed E-state index contributed by atoms with van der Waals surface area (Å²) in [5.74, 6) is 0. The molecular formula is C20H40N2. The Bertz CT molecular complexity index is 241. The van der Waals surface area contributed by atoms with Crippen LogP contribution in [-0.4, -0.2) is 30.7 Å². The zero-order chi connectivity index (χ0) is 16.5. The summed E-state index contributed by atoms with van der Waals surface area (Å²) >= 11 is 0. The lowest BCUT2D eigenvalue weighted by molar-refractivity contribution is -0.931. The van der Waals surface area contributed by atoms with Crippen LogP contribution in [0.2, 0.25) is 0 Å². The standard InChI is InChI=1S/C19H40N.CN/c1-3-5-6-7-8-9-10-11-12-14-17-20(4-2)18-15-13-16-19-20;1-2/h3-19H2,1-2H3;/q+1;-1. The molecule has 0 aliphatic carbocycles. The summed E-state index contributed by atoms with van der Waals surface area (Å²) in [6.45, 7) is 15.2. The van der Waals surface area contributed by atoms with Gasteiger partial charge in [0.25, 0.3) is 0 Å². The number of likely N-dealkylation sites (tertiary alicyclic amines) is 1. The third-order valence-electron chi connectivity index (χ3n) is 5.42. The van der Waals surface area contributed by atoms with Gasteiger partial charge < -0.3 is 16.3 Å². The highest BCUT2D eigenvalue weighted by atomic mass is 15.3. The molecule has 0 aromatic carbocycles. The van der Waals surface area contributed by atoms with E-state index in [1.165, 1.54) is 114 Å². The molecule has 0 spiro atoms. The van der Waals surface area contributed by atoms with Crippen molar-refractivity contribution < 1.29 is 4.48 Å². The number of rotatable bonds is 12. The van der Waals surface area contributed by atoms with E-state index in [-0.39, 0.29) is 0 Å². The molecule has 0 amide bonds. The molecule has 0 unspecified atom stereocenters. The van der Waals surface area contributed by atoms with E-state index in [0.717, 1.165) is 0 Å². The van der Waals surface area contributed by atoms with E-state index in [0.29, 0.717) is 0 Å². The number of unbranched alkanes of at least 4 members (excludes halogenated alkanes) is 9. The van der Waals surface area contributed by atoms with E-state index in [2.05, 4.69) is 13.8 Å².